The smallest absolute Gasteiger partial charge is 0.232 e. The van der Waals surface area contributed by atoms with Crippen LogP contribution in [0.3, 0.4) is 0 Å². The number of alkyl halides is 1. The second kappa shape index (κ2) is 4.60. The summed E-state index contributed by atoms with van der Waals surface area (Å²) in [6, 6.07) is 14.3. The molecule has 23 heavy (non-hydrogen) atoms. The summed E-state index contributed by atoms with van der Waals surface area (Å²) in [7, 11) is 0. The standard InChI is InChI=1S/C20H22BrNO/c1-18(2)19(3)11-12-20(18,16(19)21)17(23)22-15-10-6-8-13-7-4-5-9-14(13)15/h4-10,16H,11-12H2,1-3H3,(H,22,23)/t16-,19-,20+/m1/s1. The Kier molecular flexibility index (Phi) is 3.04. The molecule has 0 saturated heterocycles. The van der Waals surface area contributed by atoms with Crippen LogP contribution in [0, 0.1) is 16.2 Å². The molecule has 0 aliphatic heterocycles. The average Bonchev–Trinajstić information content (AvgIpc) is 2.95. The van der Waals surface area contributed by atoms with E-state index in [1.807, 2.05) is 24.3 Å². The Morgan fingerprint density at radius 2 is 1.78 bits per heavy atom. The molecule has 2 nitrogen and oxygen atoms in total. The van der Waals surface area contributed by atoms with Crippen LogP contribution in [0.5, 0.6) is 0 Å². The van der Waals surface area contributed by atoms with Crippen LogP contribution in [0.4, 0.5) is 5.69 Å². The molecule has 0 aromatic heterocycles. The van der Waals surface area contributed by atoms with Crippen molar-refractivity contribution in [1.82, 2.24) is 0 Å². The van der Waals surface area contributed by atoms with E-state index in [1.165, 1.54) is 0 Å². The van der Waals surface area contributed by atoms with Gasteiger partial charge in [-0.25, -0.2) is 0 Å². The molecule has 0 heterocycles. The summed E-state index contributed by atoms with van der Waals surface area (Å²) in [5.41, 5.74) is 0.837. The van der Waals surface area contributed by atoms with Crippen LogP contribution in [0.25, 0.3) is 10.8 Å². The zero-order chi connectivity index (χ0) is 16.5. The molecular weight excluding hydrogens is 350 g/mol. The largest absolute Gasteiger partial charge is 0.325 e. The molecule has 0 unspecified atom stereocenters. The molecule has 2 bridgehead atoms. The predicted octanol–water partition coefficient (Wildman–Crippen LogP) is 5.37. The van der Waals surface area contributed by atoms with Crippen LogP contribution in [-0.2, 0) is 4.79 Å². The number of fused-ring (bicyclic) bond motifs is 2. The molecule has 1 amide bonds. The Hall–Kier alpha value is -1.35. The maximum absolute atomic E-state index is 13.2. The fraction of sp³-hybridized carbons (Fsp3) is 0.450. The molecule has 3 heteroatoms. The number of anilines is 1. The van der Waals surface area contributed by atoms with Gasteiger partial charge in [0.05, 0.1) is 5.41 Å². The maximum atomic E-state index is 13.2. The van der Waals surface area contributed by atoms with Gasteiger partial charge in [0.25, 0.3) is 0 Å². The summed E-state index contributed by atoms with van der Waals surface area (Å²) in [6.07, 6.45) is 2.07. The molecule has 2 aromatic carbocycles. The molecule has 3 atom stereocenters. The summed E-state index contributed by atoms with van der Waals surface area (Å²) in [4.78, 5) is 13.5. The number of hydrogen-bond acceptors (Lipinski definition) is 1. The van der Waals surface area contributed by atoms with E-state index >= 15 is 0 Å². The summed E-state index contributed by atoms with van der Waals surface area (Å²) in [5, 5.41) is 5.50. The third-order valence-electron chi connectivity index (χ3n) is 7.02. The van der Waals surface area contributed by atoms with E-state index in [9.17, 15) is 4.79 Å². The first-order valence-electron chi connectivity index (χ1n) is 8.28. The molecule has 0 spiro atoms. The van der Waals surface area contributed by atoms with Gasteiger partial charge in [0.2, 0.25) is 5.91 Å². The Balaban J connectivity index is 1.71. The molecule has 1 N–H and O–H groups in total. The van der Waals surface area contributed by atoms with Crippen LogP contribution < -0.4 is 5.32 Å². The lowest BCUT2D eigenvalue weighted by atomic mass is 9.43. The van der Waals surface area contributed by atoms with Gasteiger partial charge in [0.15, 0.2) is 0 Å². The average molecular weight is 372 g/mol. The zero-order valence-corrected chi connectivity index (χ0v) is 15.4. The van der Waals surface area contributed by atoms with Gasteiger partial charge < -0.3 is 5.32 Å². The van der Waals surface area contributed by atoms with Crippen molar-refractivity contribution in [1.29, 1.82) is 0 Å². The normalized spacial score (nSPS) is 34.2. The van der Waals surface area contributed by atoms with Gasteiger partial charge in [-0.2, -0.15) is 0 Å². The van der Waals surface area contributed by atoms with Gasteiger partial charge in [-0.1, -0.05) is 73.1 Å². The Labute approximate surface area is 145 Å². The van der Waals surface area contributed by atoms with E-state index in [1.54, 1.807) is 0 Å². The number of carbonyl (C=O) groups excluding carboxylic acids is 1. The van der Waals surface area contributed by atoms with Crippen LogP contribution in [-0.4, -0.2) is 10.7 Å². The number of hydrogen-bond donors (Lipinski definition) is 1. The molecule has 2 aromatic rings. The SMILES string of the molecule is CC1(C)[C@]2(C)CC[C@@]1(C(=O)Nc1cccc3ccccc13)[C@@H]2Br. The molecule has 3 aliphatic rings. The van der Waals surface area contributed by atoms with Crippen molar-refractivity contribution in [3.8, 4) is 0 Å². The van der Waals surface area contributed by atoms with Gasteiger partial charge >= 0.3 is 0 Å². The van der Waals surface area contributed by atoms with E-state index in [-0.39, 0.29) is 27.0 Å². The summed E-state index contributed by atoms with van der Waals surface area (Å²) < 4.78 is 0. The highest BCUT2D eigenvalue weighted by Gasteiger charge is 2.80. The Morgan fingerprint density at radius 1 is 1.09 bits per heavy atom. The number of halogens is 1. The van der Waals surface area contributed by atoms with Crippen LogP contribution in [0.15, 0.2) is 42.5 Å². The van der Waals surface area contributed by atoms with Gasteiger partial charge in [0.1, 0.15) is 0 Å². The van der Waals surface area contributed by atoms with Crippen molar-refractivity contribution in [3.63, 3.8) is 0 Å². The van der Waals surface area contributed by atoms with Crippen molar-refractivity contribution in [2.45, 2.75) is 38.4 Å². The first kappa shape index (κ1) is 15.2. The summed E-state index contributed by atoms with van der Waals surface area (Å²) in [5.74, 6) is 0.163. The second-order valence-electron chi connectivity index (χ2n) is 7.86. The minimum Gasteiger partial charge on any atom is -0.325 e. The highest BCUT2D eigenvalue weighted by atomic mass is 79.9. The Morgan fingerprint density at radius 3 is 2.43 bits per heavy atom. The maximum Gasteiger partial charge on any atom is 0.232 e. The van der Waals surface area contributed by atoms with E-state index < -0.39 is 0 Å². The Bertz CT molecular complexity index is 809. The molecule has 5 rings (SSSR count). The number of benzene rings is 2. The first-order valence-corrected chi connectivity index (χ1v) is 9.19. The first-order chi connectivity index (χ1) is 10.8. The third-order valence-corrected chi connectivity index (χ3v) is 8.81. The molecule has 3 fully saturated rings. The van der Waals surface area contributed by atoms with E-state index in [2.05, 4.69) is 60.2 Å². The lowest BCUT2D eigenvalue weighted by Gasteiger charge is -2.64. The van der Waals surface area contributed by atoms with Crippen molar-refractivity contribution in [2.24, 2.45) is 16.2 Å². The number of amides is 1. The minimum absolute atomic E-state index is 0.0167. The van der Waals surface area contributed by atoms with Crippen molar-refractivity contribution >= 4 is 38.3 Å². The van der Waals surface area contributed by atoms with Crippen molar-refractivity contribution < 1.29 is 4.79 Å². The van der Waals surface area contributed by atoms with E-state index in [4.69, 9.17) is 0 Å². The van der Waals surface area contributed by atoms with E-state index in [0.717, 1.165) is 29.3 Å². The summed E-state index contributed by atoms with van der Waals surface area (Å²) in [6.45, 7) is 6.81. The lowest BCUT2D eigenvalue weighted by molar-refractivity contribution is -0.155. The lowest BCUT2D eigenvalue weighted by Crippen LogP contribution is -2.68. The van der Waals surface area contributed by atoms with Gasteiger partial charge in [-0.15, -0.1) is 0 Å². The number of rotatable bonds is 2. The van der Waals surface area contributed by atoms with Crippen LogP contribution in [0.1, 0.15) is 33.6 Å². The third kappa shape index (κ3) is 1.62. The quantitative estimate of drug-likeness (QED) is 0.706. The van der Waals surface area contributed by atoms with Crippen LogP contribution >= 0.6 is 15.9 Å². The highest BCUT2D eigenvalue weighted by Crippen LogP contribution is 2.79. The predicted molar refractivity (Wildman–Crippen MR) is 98.8 cm³/mol. The molecule has 3 aliphatic carbocycles. The van der Waals surface area contributed by atoms with Crippen molar-refractivity contribution in [2.75, 3.05) is 5.32 Å². The fourth-order valence-electron chi connectivity index (χ4n) is 5.03. The van der Waals surface area contributed by atoms with E-state index in [0.29, 0.717) is 0 Å². The molecule has 0 radical (unpaired) electrons. The highest BCUT2D eigenvalue weighted by molar-refractivity contribution is 9.09. The topological polar surface area (TPSA) is 29.1 Å². The molecule has 120 valence electrons. The molecule has 3 saturated carbocycles. The van der Waals surface area contributed by atoms with Gasteiger partial charge in [-0.3, -0.25) is 4.79 Å². The van der Waals surface area contributed by atoms with Crippen molar-refractivity contribution in [3.05, 3.63) is 42.5 Å². The second-order valence-corrected chi connectivity index (χ2v) is 8.77. The fourth-order valence-corrected chi connectivity index (χ4v) is 6.84. The monoisotopic (exact) mass is 371 g/mol. The van der Waals surface area contributed by atoms with Gasteiger partial charge in [0, 0.05) is 15.9 Å². The van der Waals surface area contributed by atoms with Crippen LogP contribution in [0.2, 0.25) is 0 Å². The van der Waals surface area contributed by atoms with Gasteiger partial charge in [-0.05, 0) is 35.1 Å². The molecular formula is C20H22BrNO. The number of nitrogens with one attached hydrogen (secondary N) is 1. The zero-order valence-electron chi connectivity index (χ0n) is 13.8. The summed E-state index contributed by atoms with van der Waals surface area (Å²) >= 11 is 3.85. The minimum atomic E-state index is -0.307. The number of carbonyl (C=O) groups is 1.